The summed E-state index contributed by atoms with van der Waals surface area (Å²) in [6, 6.07) is 2.35. The SMILES string of the molecule is CCOC(=O)c1cn(C)c2ncc(-c3cnc4[nH]c5c(N(C)C(=O)OC(C)(C)C)cc(F)c(F)c5c4c3N3CC[C@@]4(CC4NC(=O)OC(C)(C)C)C3)cc2c1=O. The Kier molecular flexibility index (Phi) is 9.24. The third-order valence-corrected chi connectivity index (χ3v) is 10.2. The standard InChI is InChI=1S/C40H45F2N7O7/c1-10-54-35(51)23-18-47(8)34-21(32(23)50)13-20(16-44-34)22-17-43-33-28(31(22)49-12-11-40(19-49)15-26(40)45-36(52)55-38(2,3)4)27-29(42)24(41)14-25(30(27)46-33)48(9)37(53)56-39(5,6)7/h13-14,16-18,26H,10-12,15,19H2,1-9H3,(H,43,46)(H,45,52)/t26?,40-/m1/s1. The normalized spacial score (nSPS) is 18.2. The maximum atomic E-state index is 16.3. The highest BCUT2D eigenvalue weighted by atomic mass is 19.2. The van der Waals surface area contributed by atoms with Crippen LogP contribution in [0.25, 0.3) is 44.1 Å². The lowest BCUT2D eigenvalue weighted by Gasteiger charge is -2.25. The molecule has 0 radical (unpaired) electrons. The Morgan fingerprint density at radius 3 is 2.45 bits per heavy atom. The maximum Gasteiger partial charge on any atom is 0.414 e. The van der Waals surface area contributed by atoms with Crippen molar-refractivity contribution in [2.45, 2.75) is 78.6 Å². The average Bonchev–Trinajstić information content (AvgIpc) is 3.39. The van der Waals surface area contributed by atoms with Gasteiger partial charge < -0.3 is 34.0 Å². The fourth-order valence-corrected chi connectivity index (χ4v) is 7.56. The number of halogens is 2. The van der Waals surface area contributed by atoms with Crippen LogP contribution in [0.4, 0.5) is 29.7 Å². The molecule has 4 aromatic heterocycles. The molecule has 5 heterocycles. The van der Waals surface area contributed by atoms with Gasteiger partial charge in [0.25, 0.3) is 0 Å². The molecule has 1 spiro atoms. The summed E-state index contributed by atoms with van der Waals surface area (Å²) in [5, 5.41) is 3.24. The average molecular weight is 774 g/mol. The predicted molar refractivity (Wildman–Crippen MR) is 207 cm³/mol. The van der Waals surface area contributed by atoms with Crippen LogP contribution >= 0.6 is 0 Å². The molecule has 1 aromatic carbocycles. The zero-order valence-electron chi connectivity index (χ0n) is 32.8. The van der Waals surface area contributed by atoms with E-state index in [0.717, 1.165) is 11.0 Å². The van der Waals surface area contributed by atoms with Gasteiger partial charge in [0.1, 0.15) is 28.1 Å². The number of hydrogen-bond acceptors (Lipinski definition) is 10. The number of benzene rings is 1. The second-order valence-corrected chi connectivity index (χ2v) is 16.6. The minimum Gasteiger partial charge on any atom is -0.462 e. The molecule has 7 rings (SSSR count). The van der Waals surface area contributed by atoms with E-state index in [4.69, 9.17) is 14.2 Å². The summed E-state index contributed by atoms with van der Waals surface area (Å²) in [6.45, 7) is 13.1. The first-order valence-corrected chi connectivity index (χ1v) is 18.4. The second-order valence-electron chi connectivity index (χ2n) is 16.6. The zero-order chi connectivity index (χ0) is 40.6. The Hall–Kier alpha value is -5.80. The summed E-state index contributed by atoms with van der Waals surface area (Å²) in [5.74, 6) is -3.11. The Labute approximate surface area is 321 Å². The highest BCUT2D eigenvalue weighted by Gasteiger charge is 2.59. The molecule has 2 atom stereocenters. The Morgan fingerprint density at radius 1 is 1.05 bits per heavy atom. The number of aromatic nitrogens is 4. The van der Waals surface area contributed by atoms with Gasteiger partial charge >= 0.3 is 18.2 Å². The quantitative estimate of drug-likeness (QED) is 0.137. The number of H-pyrrole nitrogens is 1. The predicted octanol–water partition coefficient (Wildman–Crippen LogP) is 6.95. The molecule has 1 aliphatic heterocycles. The molecule has 1 saturated carbocycles. The monoisotopic (exact) mass is 773 g/mol. The van der Waals surface area contributed by atoms with Gasteiger partial charge in [0.2, 0.25) is 5.43 Å². The molecular weight excluding hydrogens is 728 g/mol. The van der Waals surface area contributed by atoms with Crippen LogP contribution in [0.1, 0.15) is 71.7 Å². The first kappa shape index (κ1) is 38.5. The van der Waals surface area contributed by atoms with Gasteiger partial charge in [-0.1, -0.05) is 0 Å². The highest BCUT2D eigenvalue weighted by molar-refractivity contribution is 6.19. The molecule has 14 nitrogen and oxygen atoms in total. The number of nitrogens with one attached hydrogen (secondary N) is 2. The van der Waals surface area contributed by atoms with E-state index in [-0.39, 0.29) is 56.6 Å². The summed E-state index contributed by atoms with van der Waals surface area (Å²) in [6.07, 6.45) is 4.55. The number of hydrogen-bond donors (Lipinski definition) is 2. The van der Waals surface area contributed by atoms with Crippen molar-refractivity contribution in [3.63, 3.8) is 0 Å². The number of rotatable bonds is 6. The lowest BCUT2D eigenvalue weighted by Crippen LogP contribution is -2.36. The third-order valence-electron chi connectivity index (χ3n) is 10.2. The molecule has 5 aromatic rings. The van der Waals surface area contributed by atoms with Crippen LogP contribution in [0, 0.1) is 17.0 Å². The van der Waals surface area contributed by atoms with Crippen molar-refractivity contribution < 1.29 is 37.4 Å². The minimum atomic E-state index is -1.19. The van der Waals surface area contributed by atoms with Gasteiger partial charge in [-0.2, -0.15) is 0 Å². The van der Waals surface area contributed by atoms with Gasteiger partial charge in [0.05, 0.1) is 39.7 Å². The fraction of sp³-hybridized carbons (Fsp3) is 0.450. The van der Waals surface area contributed by atoms with Gasteiger partial charge in [-0.05, 0) is 67.4 Å². The maximum absolute atomic E-state index is 16.3. The van der Waals surface area contributed by atoms with E-state index in [9.17, 15) is 19.2 Å². The molecular formula is C40H45F2N7O7. The first-order valence-electron chi connectivity index (χ1n) is 18.4. The number of anilines is 2. The van der Waals surface area contributed by atoms with Crippen molar-refractivity contribution in [3.8, 4) is 11.1 Å². The number of aryl methyl sites for hydroxylation is 1. The van der Waals surface area contributed by atoms with Gasteiger partial charge in [-0.15, -0.1) is 0 Å². The summed E-state index contributed by atoms with van der Waals surface area (Å²) >= 11 is 0. The molecule has 56 heavy (non-hydrogen) atoms. The minimum absolute atomic E-state index is 0.0303. The van der Waals surface area contributed by atoms with Crippen LogP contribution < -0.4 is 20.5 Å². The Morgan fingerprint density at radius 2 is 1.77 bits per heavy atom. The molecule has 296 valence electrons. The molecule has 2 fully saturated rings. The fourth-order valence-electron chi connectivity index (χ4n) is 7.56. The summed E-state index contributed by atoms with van der Waals surface area (Å²) < 4.78 is 49.8. The van der Waals surface area contributed by atoms with E-state index >= 15 is 8.78 Å². The number of carbonyl (C=O) groups excluding carboxylic acids is 3. The number of esters is 1. The van der Waals surface area contributed by atoms with Crippen molar-refractivity contribution in [3.05, 3.63) is 58.1 Å². The van der Waals surface area contributed by atoms with Crippen molar-refractivity contribution in [1.82, 2.24) is 24.8 Å². The third kappa shape index (κ3) is 6.85. The van der Waals surface area contributed by atoms with Crippen LogP contribution in [0.3, 0.4) is 0 Å². The van der Waals surface area contributed by atoms with Crippen LogP contribution in [0.15, 0.2) is 35.5 Å². The van der Waals surface area contributed by atoms with E-state index in [2.05, 4.69) is 20.3 Å². The molecule has 0 bridgehead atoms. The number of amides is 2. The van der Waals surface area contributed by atoms with Gasteiger partial charge in [0, 0.05) is 74.4 Å². The van der Waals surface area contributed by atoms with E-state index in [1.54, 1.807) is 78.5 Å². The van der Waals surface area contributed by atoms with E-state index in [1.807, 2.05) is 4.90 Å². The number of ether oxygens (including phenoxy) is 3. The molecule has 16 heteroatoms. The van der Waals surface area contributed by atoms with Crippen molar-refractivity contribution in [2.24, 2.45) is 12.5 Å². The van der Waals surface area contributed by atoms with Crippen LogP contribution in [0.5, 0.6) is 0 Å². The van der Waals surface area contributed by atoms with E-state index in [1.165, 1.54) is 13.2 Å². The smallest absolute Gasteiger partial charge is 0.414 e. The molecule has 1 aliphatic carbocycles. The van der Waals surface area contributed by atoms with Crippen molar-refractivity contribution in [2.75, 3.05) is 36.5 Å². The second kappa shape index (κ2) is 13.4. The van der Waals surface area contributed by atoms with Crippen LogP contribution in [-0.4, -0.2) is 81.7 Å². The summed E-state index contributed by atoms with van der Waals surface area (Å²) in [4.78, 5) is 68.0. The lowest BCUT2D eigenvalue weighted by molar-refractivity contribution is 0.0509. The largest absolute Gasteiger partial charge is 0.462 e. The summed E-state index contributed by atoms with van der Waals surface area (Å²) in [7, 11) is 3.07. The van der Waals surface area contributed by atoms with Crippen LogP contribution in [0.2, 0.25) is 0 Å². The molecule has 2 aliphatic rings. The first-order chi connectivity index (χ1) is 26.2. The van der Waals surface area contributed by atoms with E-state index in [0.29, 0.717) is 48.4 Å². The number of carbonyl (C=O) groups is 3. The summed E-state index contributed by atoms with van der Waals surface area (Å²) in [5.41, 5.74) is -0.557. The number of nitrogens with zero attached hydrogens (tertiary/aromatic N) is 5. The zero-order valence-corrected chi connectivity index (χ0v) is 32.8. The molecule has 1 unspecified atom stereocenters. The van der Waals surface area contributed by atoms with Crippen LogP contribution in [-0.2, 0) is 21.3 Å². The number of pyridine rings is 3. The molecule has 1 saturated heterocycles. The van der Waals surface area contributed by atoms with Crippen molar-refractivity contribution in [1.29, 1.82) is 0 Å². The van der Waals surface area contributed by atoms with E-state index < -0.39 is 46.4 Å². The highest BCUT2D eigenvalue weighted by Crippen LogP contribution is 2.56. The van der Waals surface area contributed by atoms with Gasteiger partial charge in [0.15, 0.2) is 11.6 Å². The number of aromatic amines is 1. The van der Waals surface area contributed by atoms with Crippen molar-refractivity contribution >= 4 is 62.5 Å². The lowest BCUT2D eigenvalue weighted by atomic mass is 10.0. The Bertz CT molecular complexity index is 2520. The molecule has 2 N–H and O–H groups in total. The number of alkyl carbamates (subject to hydrolysis) is 1. The number of fused-ring (bicyclic) bond motifs is 4. The topological polar surface area (TPSA) is 161 Å². The Balaban J connectivity index is 1.42. The molecule has 2 amide bonds. The van der Waals surface area contributed by atoms with Gasteiger partial charge in [-0.25, -0.2) is 33.1 Å². The van der Waals surface area contributed by atoms with Gasteiger partial charge in [-0.3, -0.25) is 9.69 Å².